The lowest BCUT2D eigenvalue weighted by molar-refractivity contribution is -0.137. The van der Waals surface area contributed by atoms with Gasteiger partial charge in [-0.3, -0.25) is 19.5 Å². The first kappa shape index (κ1) is 15.5. The van der Waals surface area contributed by atoms with Crippen LogP contribution in [0.25, 0.3) is 5.57 Å². The third-order valence-corrected chi connectivity index (χ3v) is 4.52. The summed E-state index contributed by atoms with van der Waals surface area (Å²) >= 11 is 1.42. The minimum Gasteiger partial charge on any atom is -0.269 e. The van der Waals surface area contributed by atoms with Gasteiger partial charge in [0.25, 0.3) is 11.8 Å². The van der Waals surface area contributed by atoms with E-state index in [0.29, 0.717) is 10.5 Å². The molecule has 0 atom stereocenters. The van der Waals surface area contributed by atoms with Crippen molar-refractivity contribution in [3.8, 4) is 0 Å². The highest BCUT2D eigenvalue weighted by molar-refractivity contribution is 8.04. The molecule has 1 aliphatic heterocycles. The third kappa shape index (κ3) is 3.05. The van der Waals surface area contributed by atoms with Gasteiger partial charge in [-0.05, 0) is 29.0 Å². The van der Waals surface area contributed by atoms with Crippen LogP contribution in [-0.2, 0) is 16.1 Å². The van der Waals surface area contributed by atoms with E-state index < -0.39 is 0 Å². The Morgan fingerprint density at radius 3 is 2.35 bits per heavy atom. The second-order valence-electron chi connectivity index (χ2n) is 5.06. The van der Waals surface area contributed by atoms with Crippen molar-refractivity contribution >= 4 is 29.1 Å². The first-order valence-corrected chi connectivity index (χ1v) is 8.38. The number of hydrogen-bond acceptors (Lipinski definition) is 4. The molecule has 23 heavy (non-hydrogen) atoms. The van der Waals surface area contributed by atoms with E-state index in [2.05, 4.69) is 4.98 Å². The van der Waals surface area contributed by atoms with Gasteiger partial charge in [0.2, 0.25) is 0 Å². The zero-order valence-corrected chi connectivity index (χ0v) is 13.5. The summed E-state index contributed by atoms with van der Waals surface area (Å²) in [6.07, 6.45) is 3.32. The maximum Gasteiger partial charge on any atom is 0.268 e. The van der Waals surface area contributed by atoms with E-state index >= 15 is 0 Å². The Labute approximate surface area is 139 Å². The zero-order valence-electron chi connectivity index (χ0n) is 12.7. The van der Waals surface area contributed by atoms with Gasteiger partial charge in [-0.15, -0.1) is 11.8 Å². The molecule has 0 unspecified atom stereocenters. The van der Waals surface area contributed by atoms with Crippen molar-refractivity contribution in [3.63, 3.8) is 0 Å². The molecule has 0 bridgehead atoms. The maximum atomic E-state index is 12.8. The summed E-state index contributed by atoms with van der Waals surface area (Å²) in [4.78, 5) is 31.3. The lowest BCUT2D eigenvalue weighted by atomic mass is 10.1. The molecule has 4 nitrogen and oxygen atoms in total. The first-order chi connectivity index (χ1) is 11.2. The van der Waals surface area contributed by atoms with Gasteiger partial charge < -0.3 is 0 Å². The van der Waals surface area contributed by atoms with Crippen LogP contribution in [0.15, 0.2) is 59.8 Å². The van der Waals surface area contributed by atoms with Crippen LogP contribution < -0.4 is 0 Å². The molecular weight excluding hydrogens is 308 g/mol. The third-order valence-electron chi connectivity index (χ3n) is 3.57. The smallest absolute Gasteiger partial charge is 0.268 e. The number of pyridine rings is 1. The van der Waals surface area contributed by atoms with E-state index in [1.165, 1.54) is 16.7 Å². The average Bonchev–Trinajstić information content (AvgIpc) is 2.82. The van der Waals surface area contributed by atoms with E-state index in [0.717, 1.165) is 16.9 Å². The van der Waals surface area contributed by atoms with Gasteiger partial charge in [0.05, 0.1) is 17.0 Å². The number of imide groups is 1. The second kappa shape index (κ2) is 6.79. The fourth-order valence-corrected chi connectivity index (χ4v) is 3.38. The predicted octanol–water partition coefficient (Wildman–Crippen LogP) is 3.11. The number of amides is 2. The van der Waals surface area contributed by atoms with Crippen molar-refractivity contribution < 1.29 is 9.59 Å². The molecule has 1 aromatic heterocycles. The van der Waals surface area contributed by atoms with Crippen molar-refractivity contribution in [2.24, 2.45) is 0 Å². The highest BCUT2D eigenvalue weighted by Crippen LogP contribution is 2.36. The van der Waals surface area contributed by atoms with Crippen molar-refractivity contribution in [1.82, 2.24) is 9.88 Å². The minimum atomic E-state index is -0.228. The Balaban J connectivity index is 1.96. The van der Waals surface area contributed by atoms with Crippen LogP contribution in [-0.4, -0.2) is 27.5 Å². The number of nitrogens with zero attached hydrogens (tertiary/aromatic N) is 2. The fraction of sp³-hybridized carbons (Fsp3) is 0.167. The van der Waals surface area contributed by atoms with Crippen LogP contribution in [0.5, 0.6) is 0 Å². The first-order valence-electron chi connectivity index (χ1n) is 7.40. The molecule has 1 aromatic carbocycles. The molecule has 2 amide bonds. The molecule has 0 radical (unpaired) electrons. The molecule has 0 N–H and O–H groups in total. The Kier molecular flexibility index (Phi) is 4.57. The highest BCUT2D eigenvalue weighted by Gasteiger charge is 2.38. The standard InChI is InChI=1S/C18H16N2O2S/c1-2-23-16-15(14-6-4-3-5-7-14)17(21)20(18(16)22)12-13-8-10-19-11-9-13/h3-11H,2,12H2,1H3. The highest BCUT2D eigenvalue weighted by atomic mass is 32.2. The van der Waals surface area contributed by atoms with Gasteiger partial charge in [-0.25, -0.2) is 0 Å². The van der Waals surface area contributed by atoms with Crippen LogP contribution in [0.1, 0.15) is 18.1 Å². The molecule has 1 aliphatic rings. The van der Waals surface area contributed by atoms with Crippen molar-refractivity contribution in [1.29, 1.82) is 0 Å². The van der Waals surface area contributed by atoms with Crippen molar-refractivity contribution in [2.45, 2.75) is 13.5 Å². The van der Waals surface area contributed by atoms with E-state index in [9.17, 15) is 9.59 Å². The van der Waals surface area contributed by atoms with Gasteiger partial charge in [-0.1, -0.05) is 37.3 Å². The zero-order chi connectivity index (χ0) is 16.2. The molecule has 0 fully saturated rings. The molecule has 0 aliphatic carbocycles. The average molecular weight is 324 g/mol. The molecule has 3 rings (SSSR count). The quantitative estimate of drug-likeness (QED) is 0.793. The number of rotatable bonds is 5. The van der Waals surface area contributed by atoms with E-state index in [1.54, 1.807) is 12.4 Å². The fourth-order valence-electron chi connectivity index (χ4n) is 2.51. The Morgan fingerprint density at radius 2 is 1.70 bits per heavy atom. The number of carbonyl (C=O) groups excluding carboxylic acids is 2. The van der Waals surface area contributed by atoms with Crippen LogP contribution in [0.4, 0.5) is 0 Å². The Bertz CT molecular complexity index is 757. The van der Waals surface area contributed by atoms with Crippen LogP contribution in [0.3, 0.4) is 0 Å². The molecule has 0 spiro atoms. The Morgan fingerprint density at radius 1 is 1.00 bits per heavy atom. The van der Waals surface area contributed by atoms with Gasteiger partial charge >= 0.3 is 0 Å². The van der Waals surface area contributed by atoms with Gasteiger partial charge in [0, 0.05) is 12.4 Å². The summed E-state index contributed by atoms with van der Waals surface area (Å²) in [6.45, 7) is 2.24. The predicted molar refractivity (Wildman–Crippen MR) is 91.3 cm³/mol. The summed E-state index contributed by atoms with van der Waals surface area (Å²) in [5.74, 6) is 0.305. The van der Waals surface area contributed by atoms with E-state index in [1.807, 2.05) is 49.4 Å². The Hall–Kier alpha value is -2.40. The van der Waals surface area contributed by atoms with Crippen LogP contribution in [0, 0.1) is 0 Å². The van der Waals surface area contributed by atoms with Gasteiger partial charge in [-0.2, -0.15) is 0 Å². The molecule has 0 saturated carbocycles. The number of thioether (sulfide) groups is 1. The normalized spacial score (nSPS) is 14.7. The second-order valence-corrected chi connectivity index (χ2v) is 6.33. The SMILES string of the molecule is CCSC1=C(c2ccccc2)C(=O)N(Cc2ccncc2)C1=O. The molecule has 2 aromatic rings. The summed E-state index contributed by atoms with van der Waals surface area (Å²) in [5, 5.41) is 0. The van der Waals surface area contributed by atoms with Crippen LogP contribution >= 0.6 is 11.8 Å². The topological polar surface area (TPSA) is 50.3 Å². The number of hydrogen-bond donors (Lipinski definition) is 0. The monoisotopic (exact) mass is 324 g/mol. The maximum absolute atomic E-state index is 12.8. The van der Waals surface area contributed by atoms with Gasteiger partial charge in [0.15, 0.2) is 0 Å². The summed E-state index contributed by atoms with van der Waals surface area (Å²) in [5.41, 5.74) is 2.19. The number of aromatic nitrogens is 1. The summed E-state index contributed by atoms with van der Waals surface area (Å²) in [6, 6.07) is 13.0. The molecule has 0 saturated heterocycles. The molecule has 2 heterocycles. The van der Waals surface area contributed by atoms with E-state index in [4.69, 9.17) is 0 Å². The lowest BCUT2D eigenvalue weighted by Gasteiger charge is -2.15. The van der Waals surface area contributed by atoms with Crippen LogP contribution in [0.2, 0.25) is 0 Å². The van der Waals surface area contributed by atoms with Crippen molar-refractivity contribution in [2.75, 3.05) is 5.75 Å². The summed E-state index contributed by atoms with van der Waals surface area (Å²) < 4.78 is 0. The largest absolute Gasteiger partial charge is 0.269 e. The summed E-state index contributed by atoms with van der Waals surface area (Å²) in [7, 11) is 0. The molecular formula is C18H16N2O2S. The minimum absolute atomic E-state index is 0.211. The number of carbonyl (C=O) groups is 2. The van der Waals surface area contributed by atoms with E-state index in [-0.39, 0.29) is 18.4 Å². The molecule has 5 heteroatoms. The van der Waals surface area contributed by atoms with Crippen molar-refractivity contribution in [3.05, 3.63) is 70.9 Å². The number of benzene rings is 1. The lowest BCUT2D eigenvalue weighted by Crippen LogP contribution is -2.30. The van der Waals surface area contributed by atoms with Gasteiger partial charge in [0.1, 0.15) is 0 Å². The molecule has 116 valence electrons.